The Bertz CT molecular complexity index is 2620. The van der Waals surface area contributed by atoms with Crippen LogP contribution in [0.5, 0.6) is 11.5 Å². The third-order valence-electron chi connectivity index (χ3n) is 12.2. The van der Waals surface area contributed by atoms with Crippen molar-refractivity contribution in [3.05, 3.63) is 123 Å². The smallest absolute Gasteiger partial charge is 0.293 e. The maximum Gasteiger partial charge on any atom is 0.293 e. The molecule has 0 spiro atoms. The topological polar surface area (TPSA) is 159 Å². The van der Waals surface area contributed by atoms with E-state index in [0.717, 1.165) is 57.8 Å². The number of hydrogen-bond acceptors (Lipinski definition) is 10. The molecule has 4 aromatic carbocycles. The SMILES string of the molecule is CC1(C)CCC(c2ccc(Cl)cc2)=C(CN2CCN(c3ccc(C(=O)NS(=O)(=O)c4ccc(NCC5CCOCC5)c([N+](=O)[O-])c4)c(Oc4cc5cc[nH]c5cc4F)c3)CC2)C1. The van der Waals surface area contributed by atoms with Crippen LogP contribution in [0.15, 0.2) is 95.5 Å². The molecule has 0 bridgehead atoms. The van der Waals surface area contributed by atoms with Gasteiger partial charge in [0.15, 0.2) is 11.6 Å². The van der Waals surface area contributed by atoms with E-state index in [1.54, 1.807) is 24.4 Å². The molecule has 3 aliphatic rings. The fraction of sp³-hybridized carbons (Fsp3) is 0.370. The molecular formula is C46H50ClFN6O7S. The summed E-state index contributed by atoms with van der Waals surface area (Å²) in [5, 5.41) is 16.5. The summed E-state index contributed by atoms with van der Waals surface area (Å²) in [6.45, 7) is 10.0. The molecule has 2 saturated heterocycles. The number of allylic oxidation sites excluding steroid dienone is 1. The number of nitrogens with zero attached hydrogens (tertiary/aromatic N) is 3. The molecule has 326 valence electrons. The van der Waals surface area contributed by atoms with Gasteiger partial charge in [0.25, 0.3) is 21.6 Å². The molecule has 0 saturated carbocycles. The van der Waals surface area contributed by atoms with Gasteiger partial charge in [-0.05, 0) is 103 Å². The van der Waals surface area contributed by atoms with Gasteiger partial charge in [0.2, 0.25) is 0 Å². The lowest BCUT2D eigenvalue weighted by Gasteiger charge is -2.39. The number of ether oxygens (including phenoxy) is 2. The molecule has 13 nitrogen and oxygen atoms in total. The van der Waals surface area contributed by atoms with Crippen molar-refractivity contribution in [1.29, 1.82) is 0 Å². The molecule has 62 heavy (non-hydrogen) atoms. The van der Waals surface area contributed by atoms with Crippen LogP contribution in [-0.4, -0.2) is 81.6 Å². The van der Waals surface area contributed by atoms with E-state index in [2.05, 4.69) is 50.8 Å². The highest BCUT2D eigenvalue weighted by molar-refractivity contribution is 7.90. The van der Waals surface area contributed by atoms with E-state index >= 15 is 4.39 Å². The number of halogens is 2. The van der Waals surface area contributed by atoms with E-state index in [4.69, 9.17) is 21.1 Å². The first-order valence-corrected chi connectivity index (χ1v) is 22.8. The minimum absolute atomic E-state index is 0.0627. The van der Waals surface area contributed by atoms with Crippen LogP contribution < -0.4 is 19.7 Å². The molecule has 0 unspecified atom stereocenters. The van der Waals surface area contributed by atoms with Gasteiger partial charge in [-0.3, -0.25) is 19.8 Å². The Labute approximate surface area is 365 Å². The van der Waals surface area contributed by atoms with Gasteiger partial charge in [-0.25, -0.2) is 17.5 Å². The number of benzene rings is 4. The van der Waals surface area contributed by atoms with Crippen LogP contribution in [-0.2, 0) is 14.8 Å². The van der Waals surface area contributed by atoms with Gasteiger partial charge in [-0.15, -0.1) is 0 Å². The van der Waals surface area contributed by atoms with Crippen LogP contribution in [0, 0.1) is 27.3 Å². The van der Waals surface area contributed by atoms with Crippen LogP contribution in [0.3, 0.4) is 0 Å². The summed E-state index contributed by atoms with van der Waals surface area (Å²) >= 11 is 6.22. The maximum absolute atomic E-state index is 15.5. The van der Waals surface area contributed by atoms with E-state index in [0.29, 0.717) is 54.5 Å². The van der Waals surface area contributed by atoms with Crippen LogP contribution in [0.1, 0.15) is 61.9 Å². The number of sulfonamides is 1. The number of fused-ring (bicyclic) bond motifs is 1. The van der Waals surface area contributed by atoms with Crippen molar-refractivity contribution in [2.75, 3.05) is 62.7 Å². The zero-order valence-electron chi connectivity index (χ0n) is 34.7. The van der Waals surface area contributed by atoms with E-state index in [-0.39, 0.29) is 34.1 Å². The summed E-state index contributed by atoms with van der Waals surface area (Å²) in [6, 6.07) is 20.9. The Morgan fingerprint density at radius 2 is 1.76 bits per heavy atom. The molecule has 3 N–H and O–H groups in total. The van der Waals surface area contributed by atoms with Crippen LogP contribution in [0.2, 0.25) is 5.02 Å². The van der Waals surface area contributed by atoms with E-state index < -0.39 is 37.3 Å². The Balaban J connectivity index is 1.02. The third kappa shape index (κ3) is 9.91. The van der Waals surface area contributed by atoms with Gasteiger partial charge >= 0.3 is 0 Å². The van der Waals surface area contributed by atoms with E-state index in [1.807, 2.05) is 12.1 Å². The second-order valence-electron chi connectivity index (χ2n) is 17.1. The molecular weight excluding hydrogens is 835 g/mol. The van der Waals surface area contributed by atoms with Gasteiger partial charge in [0, 0.05) is 98.5 Å². The van der Waals surface area contributed by atoms with Gasteiger partial charge in [-0.1, -0.05) is 43.2 Å². The van der Waals surface area contributed by atoms with Gasteiger partial charge < -0.3 is 24.7 Å². The van der Waals surface area contributed by atoms with E-state index in [1.165, 1.54) is 47.0 Å². The maximum atomic E-state index is 15.5. The standard InChI is InChI=1S/C46H50ClFN6O7S/c1-46(2)15-11-37(31-3-5-34(47)6-4-31)33(27-46)29-52-17-19-53(20-18-52)35-7-9-38(43(24-35)61-44-23-32-12-16-49-41(32)26-39(44)48)45(55)51-62(58,59)36-8-10-40(42(25-36)54(56)57)50-28-30-13-21-60-22-14-30/h3-10,12,16,23-26,30,49-50H,11,13-15,17-22,27-29H2,1-2H3,(H,51,55). The van der Waals surface area contributed by atoms with Crippen molar-refractivity contribution in [3.8, 4) is 11.5 Å². The van der Waals surface area contributed by atoms with Crippen molar-refractivity contribution < 1.29 is 32.0 Å². The number of aromatic amines is 1. The lowest BCUT2D eigenvalue weighted by Crippen LogP contribution is -2.47. The van der Waals surface area contributed by atoms with Crippen molar-refractivity contribution >= 4 is 61.1 Å². The van der Waals surface area contributed by atoms with Crippen LogP contribution >= 0.6 is 11.6 Å². The van der Waals surface area contributed by atoms with Gasteiger partial charge in [-0.2, -0.15) is 0 Å². The largest absolute Gasteiger partial charge is 0.453 e. The number of piperazine rings is 1. The van der Waals surface area contributed by atoms with Crippen LogP contribution in [0.4, 0.5) is 21.5 Å². The highest BCUT2D eigenvalue weighted by Crippen LogP contribution is 2.43. The Morgan fingerprint density at radius 3 is 2.50 bits per heavy atom. The first kappa shape index (κ1) is 43.2. The van der Waals surface area contributed by atoms with Crippen molar-refractivity contribution in [1.82, 2.24) is 14.6 Å². The highest BCUT2D eigenvalue weighted by atomic mass is 35.5. The fourth-order valence-corrected chi connectivity index (χ4v) is 9.76. The Kier molecular flexibility index (Phi) is 12.6. The molecule has 3 heterocycles. The second kappa shape index (κ2) is 18.1. The molecule has 0 radical (unpaired) electrons. The Hall–Kier alpha value is -5.48. The molecule has 8 rings (SSSR count). The van der Waals surface area contributed by atoms with Gasteiger partial charge in [0.1, 0.15) is 11.4 Å². The fourth-order valence-electron chi connectivity index (χ4n) is 8.65. The number of H-pyrrole nitrogens is 1. The molecule has 1 aromatic heterocycles. The molecule has 2 fully saturated rings. The zero-order valence-corrected chi connectivity index (χ0v) is 36.3. The summed E-state index contributed by atoms with van der Waals surface area (Å²) in [5.74, 6) is -1.70. The molecule has 2 aliphatic heterocycles. The quantitative estimate of drug-likeness (QED) is 0.0768. The highest BCUT2D eigenvalue weighted by Gasteiger charge is 2.31. The lowest BCUT2D eigenvalue weighted by molar-refractivity contribution is -0.384. The number of aromatic nitrogens is 1. The average Bonchev–Trinajstić information content (AvgIpc) is 3.70. The predicted octanol–water partition coefficient (Wildman–Crippen LogP) is 9.40. The predicted molar refractivity (Wildman–Crippen MR) is 239 cm³/mol. The van der Waals surface area contributed by atoms with Crippen molar-refractivity contribution in [2.45, 2.75) is 50.8 Å². The number of rotatable bonds is 13. The van der Waals surface area contributed by atoms with Gasteiger partial charge in [0.05, 0.1) is 15.4 Å². The minimum atomic E-state index is -4.62. The van der Waals surface area contributed by atoms with E-state index in [9.17, 15) is 23.3 Å². The number of nitro benzene ring substituents is 1. The van der Waals surface area contributed by atoms with Crippen LogP contribution in [0.25, 0.3) is 16.5 Å². The van der Waals surface area contributed by atoms with Crippen molar-refractivity contribution in [2.24, 2.45) is 11.3 Å². The summed E-state index contributed by atoms with van der Waals surface area (Å²) in [4.78, 5) is 32.4. The average molecular weight is 885 g/mol. The summed E-state index contributed by atoms with van der Waals surface area (Å²) in [6.07, 6.45) is 6.40. The first-order chi connectivity index (χ1) is 29.7. The third-order valence-corrected chi connectivity index (χ3v) is 13.8. The number of anilines is 2. The number of carbonyl (C=O) groups excluding carboxylic acids is 1. The summed E-state index contributed by atoms with van der Waals surface area (Å²) < 4.78 is 56.4. The molecule has 16 heteroatoms. The zero-order chi connectivity index (χ0) is 43.6. The monoisotopic (exact) mass is 884 g/mol. The number of hydrogen-bond donors (Lipinski definition) is 3. The summed E-state index contributed by atoms with van der Waals surface area (Å²) in [5.41, 5.74) is 5.05. The number of amides is 1. The Morgan fingerprint density at radius 1 is 1.00 bits per heavy atom. The number of nitro groups is 1. The minimum Gasteiger partial charge on any atom is -0.453 e. The number of carbonyl (C=O) groups is 1. The van der Waals surface area contributed by atoms with Crippen molar-refractivity contribution in [3.63, 3.8) is 0 Å². The molecule has 1 aliphatic carbocycles. The summed E-state index contributed by atoms with van der Waals surface area (Å²) in [7, 11) is -4.62. The lowest BCUT2D eigenvalue weighted by atomic mass is 9.73. The normalized spacial score (nSPS) is 17.6. The molecule has 5 aromatic rings. The first-order valence-electron chi connectivity index (χ1n) is 20.9. The number of nitrogens with one attached hydrogen (secondary N) is 3. The molecule has 1 amide bonds. The second-order valence-corrected chi connectivity index (χ2v) is 19.2. The molecule has 0 atom stereocenters.